The van der Waals surface area contributed by atoms with E-state index in [4.69, 9.17) is 0 Å². The van der Waals surface area contributed by atoms with E-state index < -0.39 is 15.8 Å². The van der Waals surface area contributed by atoms with Gasteiger partial charge < -0.3 is 10.2 Å². The Morgan fingerprint density at radius 1 is 0.939 bits per heavy atom. The number of carbonyl (C=O) groups is 1. The monoisotopic (exact) mass is 469 g/mol. The van der Waals surface area contributed by atoms with Crippen LogP contribution in [0.2, 0.25) is 0 Å². The summed E-state index contributed by atoms with van der Waals surface area (Å²) in [5.74, 6) is -0.786. The third kappa shape index (κ3) is 7.21. The summed E-state index contributed by atoms with van der Waals surface area (Å²) < 4.78 is 39.8. The molecule has 0 aromatic heterocycles. The van der Waals surface area contributed by atoms with Crippen LogP contribution in [0.25, 0.3) is 11.1 Å². The van der Waals surface area contributed by atoms with E-state index in [1.165, 1.54) is 17.7 Å². The van der Waals surface area contributed by atoms with Crippen LogP contribution in [0.3, 0.4) is 0 Å². The van der Waals surface area contributed by atoms with E-state index in [-0.39, 0.29) is 23.8 Å². The zero-order valence-electron chi connectivity index (χ0n) is 18.7. The van der Waals surface area contributed by atoms with Crippen molar-refractivity contribution in [2.45, 2.75) is 24.4 Å². The molecule has 0 aliphatic heterocycles. The molecule has 33 heavy (non-hydrogen) atoms. The van der Waals surface area contributed by atoms with Crippen molar-refractivity contribution in [3.8, 4) is 11.1 Å². The van der Waals surface area contributed by atoms with Crippen LogP contribution in [0, 0.1) is 5.82 Å². The Balaban J connectivity index is 1.55. The van der Waals surface area contributed by atoms with Gasteiger partial charge in [-0.05, 0) is 60.6 Å². The Morgan fingerprint density at radius 3 is 2.27 bits per heavy atom. The molecule has 3 rings (SSSR count). The largest absolute Gasteiger partial charge is 0.352 e. The van der Waals surface area contributed by atoms with Crippen molar-refractivity contribution in [1.82, 2.24) is 14.9 Å². The fourth-order valence-electron chi connectivity index (χ4n) is 3.39. The number of hydrogen-bond donors (Lipinski definition) is 2. The molecule has 2 N–H and O–H groups in total. The van der Waals surface area contributed by atoms with Crippen LogP contribution < -0.4 is 10.0 Å². The first-order chi connectivity index (χ1) is 15.7. The van der Waals surface area contributed by atoms with E-state index in [2.05, 4.69) is 39.2 Å². The minimum absolute atomic E-state index is 0.0121. The van der Waals surface area contributed by atoms with Crippen molar-refractivity contribution >= 4 is 15.9 Å². The number of nitrogens with zero attached hydrogens (tertiary/aromatic N) is 1. The van der Waals surface area contributed by atoms with Crippen LogP contribution in [0.5, 0.6) is 0 Å². The number of halogens is 1. The highest BCUT2D eigenvalue weighted by Crippen LogP contribution is 2.24. The Hall–Kier alpha value is -3.07. The molecule has 0 radical (unpaired) electrons. The van der Waals surface area contributed by atoms with Crippen LogP contribution in [-0.4, -0.2) is 39.9 Å². The van der Waals surface area contributed by atoms with Gasteiger partial charge in [0.2, 0.25) is 15.9 Å². The van der Waals surface area contributed by atoms with E-state index in [1.54, 1.807) is 0 Å². The van der Waals surface area contributed by atoms with Crippen LogP contribution in [0.15, 0.2) is 77.7 Å². The summed E-state index contributed by atoms with van der Waals surface area (Å²) in [6.45, 7) is 1.14. The van der Waals surface area contributed by atoms with Gasteiger partial charge in [0.15, 0.2) is 0 Å². The van der Waals surface area contributed by atoms with Crippen LogP contribution in [0.1, 0.15) is 17.5 Å². The maximum absolute atomic E-state index is 13.0. The maximum atomic E-state index is 13.0. The highest BCUT2D eigenvalue weighted by Gasteiger charge is 2.14. The van der Waals surface area contributed by atoms with E-state index in [0.29, 0.717) is 6.54 Å². The zero-order chi connectivity index (χ0) is 23.8. The Labute approximate surface area is 194 Å². The molecule has 1 amide bonds. The SMILES string of the molecule is CN(C)Cc1ccc(-c2ccccc2CNC(=O)CCNS(=O)(=O)c2ccc(F)cc2)cc1. The summed E-state index contributed by atoms with van der Waals surface area (Å²) in [7, 11) is 0.261. The second-order valence-electron chi connectivity index (χ2n) is 7.97. The molecule has 6 nitrogen and oxygen atoms in total. The van der Waals surface area contributed by atoms with Crippen LogP contribution >= 0.6 is 0 Å². The summed E-state index contributed by atoms with van der Waals surface area (Å²) in [4.78, 5) is 14.3. The quantitative estimate of drug-likeness (QED) is 0.476. The number of sulfonamides is 1. The second-order valence-corrected chi connectivity index (χ2v) is 9.74. The third-order valence-corrected chi connectivity index (χ3v) is 6.50. The fourth-order valence-corrected chi connectivity index (χ4v) is 4.42. The number of nitrogens with one attached hydrogen (secondary N) is 2. The molecule has 0 unspecified atom stereocenters. The molecule has 0 saturated heterocycles. The molecular formula is C25H28FN3O3S. The first-order valence-corrected chi connectivity index (χ1v) is 12.1. The lowest BCUT2D eigenvalue weighted by Crippen LogP contribution is -2.30. The molecule has 0 atom stereocenters. The van der Waals surface area contributed by atoms with E-state index in [1.807, 2.05) is 38.4 Å². The summed E-state index contributed by atoms with van der Waals surface area (Å²) in [5.41, 5.74) is 4.29. The Bertz CT molecular complexity index is 1180. The summed E-state index contributed by atoms with van der Waals surface area (Å²) in [5, 5.41) is 2.85. The van der Waals surface area contributed by atoms with Gasteiger partial charge in [-0.15, -0.1) is 0 Å². The molecular weight excluding hydrogens is 441 g/mol. The third-order valence-electron chi connectivity index (χ3n) is 5.03. The lowest BCUT2D eigenvalue weighted by molar-refractivity contribution is -0.121. The molecule has 0 aliphatic carbocycles. The van der Waals surface area contributed by atoms with Gasteiger partial charge in [0.05, 0.1) is 4.90 Å². The van der Waals surface area contributed by atoms with Gasteiger partial charge in [-0.2, -0.15) is 0 Å². The zero-order valence-corrected chi connectivity index (χ0v) is 19.5. The first kappa shape index (κ1) is 24.6. The average Bonchev–Trinajstić information content (AvgIpc) is 2.78. The lowest BCUT2D eigenvalue weighted by atomic mass is 9.98. The maximum Gasteiger partial charge on any atom is 0.240 e. The molecule has 0 aliphatic rings. The van der Waals surface area contributed by atoms with E-state index in [9.17, 15) is 17.6 Å². The minimum Gasteiger partial charge on any atom is -0.352 e. The minimum atomic E-state index is -3.79. The predicted molar refractivity (Wildman–Crippen MR) is 127 cm³/mol. The van der Waals surface area contributed by atoms with Crippen molar-refractivity contribution in [2.75, 3.05) is 20.6 Å². The number of carbonyl (C=O) groups excluding carboxylic acids is 1. The molecule has 0 spiro atoms. The molecule has 0 fully saturated rings. The summed E-state index contributed by atoms with van der Waals surface area (Å²) >= 11 is 0. The van der Waals surface area contributed by atoms with Crippen molar-refractivity contribution in [3.63, 3.8) is 0 Å². The van der Waals surface area contributed by atoms with E-state index >= 15 is 0 Å². The topological polar surface area (TPSA) is 78.5 Å². The lowest BCUT2D eigenvalue weighted by Gasteiger charge is -2.13. The van der Waals surface area contributed by atoms with Gasteiger partial charge in [-0.1, -0.05) is 48.5 Å². The van der Waals surface area contributed by atoms with Crippen LogP contribution in [-0.2, 0) is 27.9 Å². The van der Waals surface area contributed by atoms with Gasteiger partial charge >= 0.3 is 0 Å². The second kappa shape index (κ2) is 11.2. The van der Waals surface area contributed by atoms with Gasteiger partial charge in [-0.25, -0.2) is 17.5 Å². The first-order valence-electron chi connectivity index (χ1n) is 10.6. The van der Waals surface area contributed by atoms with Crippen LogP contribution in [0.4, 0.5) is 4.39 Å². The van der Waals surface area contributed by atoms with Gasteiger partial charge in [0.25, 0.3) is 0 Å². The van der Waals surface area contributed by atoms with Crippen molar-refractivity contribution < 1.29 is 17.6 Å². The average molecular weight is 470 g/mol. The highest BCUT2D eigenvalue weighted by molar-refractivity contribution is 7.89. The summed E-state index contributed by atoms with van der Waals surface area (Å²) in [6.07, 6.45) is -0.0121. The molecule has 174 valence electrons. The Kier molecular flexibility index (Phi) is 8.32. The summed E-state index contributed by atoms with van der Waals surface area (Å²) in [6, 6.07) is 20.7. The molecule has 0 saturated carbocycles. The van der Waals surface area contributed by atoms with Gasteiger partial charge in [0.1, 0.15) is 5.82 Å². The molecule has 3 aromatic carbocycles. The van der Waals surface area contributed by atoms with E-state index in [0.717, 1.165) is 35.4 Å². The number of rotatable bonds is 10. The fraction of sp³-hybridized carbons (Fsp3) is 0.240. The molecule has 0 bridgehead atoms. The Morgan fingerprint density at radius 2 is 1.61 bits per heavy atom. The number of benzene rings is 3. The predicted octanol–water partition coefficient (Wildman–Crippen LogP) is 3.54. The number of amides is 1. The number of hydrogen-bond acceptors (Lipinski definition) is 4. The van der Waals surface area contributed by atoms with Gasteiger partial charge in [-0.3, -0.25) is 4.79 Å². The smallest absolute Gasteiger partial charge is 0.240 e. The van der Waals surface area contributed by atoms with Crippen molar-refractivity contribution in [1.29, 1.82) is 0 Å². The molecule has 0 heterocycles. The molecule has 3 aromatic rings. The van der Waals surface area contributed by atoms with Crippen molar-refractivity contribution in [2.24, 2.45) is 0 Å². The molecule has 8 heteroatoms. The normalized spacial score (nSPS) is 11.5. The highest BCUT2D eigenvalue weighted by atomic mass is 32.2. The standard InChI is InChI=1S/C25H28FN3O3S/c1-29(2)18-19-7-9-20(10-8-19)24-6-4-3-5-21(24)17-27-25(30)15-16-28-33(31,32)23-13-11-22(26)12-14-23/h3-14,28H,15-18H2,1-2H3,(H,27,30). The van der Waals surface area contributed by atoms with Gasteiger partial charge in [0, 0.05) is 26.1 Å². The van der Waals surface area contributed by atoms with Crippen molar-refractivity contribution in [3.05, 3.63) is 89.7 Å².